The van der Waals surface area contributed by atoms with Gasteiger partial charge in [0.2, 0.25) is 5.92 Å². The van der Waals surface area contributed by atoms with Crippen molar-refractivity contribution < 1.29 is 13.6 Å². The molecule has 150 valence electrons. The Bertz CT molecular complexity index is 963. The first-order valence-corrected chi connectivity index (χ1v) is 9.18. The predicted molar refractivity (Wildman–Crippen MR) is 99.8 cm³/mol. The molecular weight excluding hydrogens is 394 g/mol. The van der Waals surface area contributed by atoms with Gasteiger partial charge in [0.05, 0.1) is 11.7 Å². The van der Waals surface area contributed by atoms with Gasteiger partial charge in [-0.2, -0.15) is 0 Å². The van der Waals surface area contributed by atoms with Gasteiger partial charge in [-0.1, -0.05) is 11.6 Å². The van der Waals surface area contributed by atoms with Crippen LogP contribution in [-0.4, -0.2) is 40.8 Å². The summed E-state index contributed by atoms with van der Waals surface area (Å²) >= 11 is 6.27. The number of alkyl halides is 2. The Morgan fingerprint density at radius 1 is 1.25 bits per heavy atom. The molecule has 1 aromatic heterocycles. The van der Waals surface area contributed by atoms with E-state index >= 15 is 0 Å². The summed E-state index contributed by atoms with van der Waals surface area (Å²) in [7, 11) is 1.74. The minimum absolute atomic E-state index is 0.0134. The maximum atomic E-state index is 13.7. The number of aromatic nitrogens is 1. The number of hydrogen-bond acceptors (Lipinski definition) is 5. The smallest absolute Gasteiger partial charge is 0.276 e. The summed E-state index contributed by atoms with van der Waals surface area (Å²) in [6, 6.07) is 1.34. The summed E-state index contributed by atoms with van der Waals surface area (Å²) in [5, 5.41) is 16.5. The van der Waals surface area contributed by atoms with Gasteiger partial charge in [-0.05, 0) is 18.9 Å². The normalized spacial score (nSPS) is 22.4. The molecule has 28 heavy (non-hydrogen) atoms. The molecule has 1 aliphatic carbocycles. The first kappa shape index (κ1) is 18.7. The minimum Gasteiger partial charge on any atom is -0.354 e. The van der Waals surface area contributed by atoms with E-state index in [0.717, 1.165) is 0 Å². The average Bonchev–Trinajstić information content (AvgIpc) is 2.92. The summed E-state index contributed by atoms with van der Waals surface area (Å²) in [6.45, 7) is 0.372. The zero-order valence-corrected chi connectivity index (χ0v) is 15.8. The number of carbonyl (C=O) groups is 1. The Kier molecular flexibility index (Phi) is 4.14. The number of amidine groups is 1. The van der Waals surface area contributed by atoms with Gasteiger partial charge in [-0.25, -0.2) is 8.78 Å². The molecule has 1 aromatic rings. The molecule has 0 saturated heterocycles. The Morgan fingerprint density at radius 3 is 2.57 bits per heavy atom. The number of nitrogens with one attached hydrogen (secondary N) is 4. The molecule has 4 N–H and O–H groups in total. The summed E-state index contributed by atoms with van der Waals surface area (Å²) in [4.78, 5) is 27.2. The Balaban J connectivity index is 1.75. The van der Waals surface area contributed by atoms with Crippen molar-refractivity contribution in [3.8, 4) is 0 Å². The molecule has 4 rings (SSSR count). The van der Waals surface area contributed by atoms with Crippen molar-refractivity contribution >= 4 is 29.0 Å². The second kappa shape index (κ2) is 6.20. The lowest BCUT2D eigenvalue weighted by atomic mass is 9.86. The number of nitrogens with zero attached hydrogens (tertiary/aromatic N) is 2. The lowest BCUT2D eigenvalue weighted by Gasteiger charge is -2.38. The minimum atomic E-state index is -2.81. The number of rotatable bonds is 2. The lowest BCUT2D eigenvalue weighted by Crippen LogP contribution is -2.51. The Labute approximate surface area is 164 Å². The van der Waals surface area contributed by atoms with Gasteiger partial charge in [0.1, 0.15) is 28.7 Å². The van der Waals surface area contributed by atoms with E-state index in [0.29, 0.717) is 12.5 Å². The number of hydrogen-bond donors (Lipinski definition) is 4. The topological polar surface area (TPSA) is 102 Å². The molecule has 3 aliphatic rings. The highest BCUT2D eigenvalue weighted by Crippen LogP contribution is 2.44. The van der Waals surface area contributed by atoms with Gasteiger partial charge in [0.25, 0.3) is 11.5 Å². The Hall–Kier alpha value is -2.62. The van der Waals surface area contributed by atoms with Gasteiger partial charge in [0, 0.05) is 26.0 Å². The number of fused-ring (bicyclic) bond motifs is 2. The molecule has 0 unspecified atom stereocenters. The van der Waals surface area contributed by atoms with Gasteiger partial charge < -0.3 is 20.9 Å². The molecule has 0 aromatic carbocycles. The second-order valence-corrected chi connectivity index (χ2v) is 7.75. The monoisotopic (exact) mass is 412 g/mol. The van der Waals surface area contributed by atoms with E-state index in [-0.39, 0.29) is 35.1 Å². The van der Waals surface area contributed by atoms with Crippen molar-refractivity contribution in [2.45, 2.75) is 37.3 Å². The fraction of sp³-hybridized carbons (Fsp3) is 0.471. The van der Waals surface area contributed by atoms with Crippen LogP contribution in [0.3, 0.4) is 0 Å². The van der Waals surface area contributed by atoms with Crippen molar-refractivity contribution in [1.29, 1.82) is 5.41 Å². The standard InChI is InChI=1S/C17H19ClF2N6O2/c1-25-8-22-12(7-11(25)21)23-10-6-9(18)13-14(27)24-17(26(13)15(10)28)4-2-16(19,20)3-5-17/h6-7,21-23H,2-5,8H2,1H3,(H,24,27). The molecule has 1 saturated carbocycles. The van der Waals surface area contributed by atoms with Crippen LogP contribution in [0.5, 0.6) is 0 Å². The molecule has 1 spiro atoms. The third kappa shape index (κ3) is 2.92. The van der Waals surface area contributed by atoms with E-state index < -0.39 is 35.9 Å². The first-order chi connectivity index (χ1) is 13.1. The summed E-state index contributed by atoms with van der Waals surface area (Å²) in [6.07, 6.45) is 0.536. The van der Waals surface area contributed by atoms with E-state index in [1.54, 1.807) is 11.9 Å². The quantitative estimate of drug-likeness (QED) is 0.593. The van der Waals surface area contributed by atoms with E-state index in [9.17, 15) is 18.4 Å². The number of anilines is 1. The molecule has 2 aliphatic heterocycles. The van der Waals surface area contributed by atoms with Gasteiger partial charge in [-0.15, -0.1) is 0 Å². The van der Waals surface area contributed by atoms with Crippen LogP contribution in [0.4, 0.5) is 14.5 Å². The molecule has 0 bridgehead atoms. The average molecular weight is 413 g/mol. The van der Waals surface area contributed by atoms with Crippen molar-refractivity contribution in [1.82, 2.24) is 20.1 Å². The highest BCUT2D eigenvalue weighted by Gasteiger charge is 2.51. The van der Waals surface area contributed by atoms with Gasteiger partial charge in [0.15, 0.2) is 0 Å². The molecule has 0 radical (unpaired) electrons. The third-order valence-corrected chi connectivity index (χ3v) is 5.71. The number of halogens is 3. The molecule has 3 heterocycles. The van der Waals surface area contributed by atoms with Crippen LogP contribution in [-0.2, 0) is 5.66 Å². The SMILES string of the molecule is CN1CNC(Nc2cc(Cl)c3n(c2=O)C2(CCC(F)(F)CC2)NC3=O)=CC1=N. The molecule has 11 heteroatoms. The van der Waals surface area contributed by atoms with Crippen molar-refractivity contribution in [2.24, 2.45) is 0 Å². The van der Waals surface area contributed by atoms with Crippen LogP contribution in [0.15, 0.2) is 22.8 Å². The predicted octanol–water partition coefficient (Wildman–Crippen LogP) is 1.83. The maximum absolute atomic E-state index is 13.7. The van der Waals surface area contributed by atoms with Gasteiger partial charge >= 0.3 is 0 Å². The van der Waals surface area contributed by atoms with E-state index in [1.165, 1.54) is 16.7 Å². The summed E-state index contributed by atoms with van der Waals surface area (Å²) in [5.41, 5.74) is -1.65. The fourth-order valence-corrected chi connectivity index (χ4v) is 4.09. The van der Waals surface area contributed by atoms with Crippen molar-refractivity contribution in [3.63, 3.8) is 0 Å². The largest absolute Gasteiger partial charge is 0.354 e. The van der Waals surface area contributed by atoms with Crippen molar-refractivity contribution in [3.05, 3.63) is 39.0 Å². The van der Waals surface area contributed by atoms with Crippen LogP contribution >= 0.6 is 11.6 Å². The molecule has 0 atom stereocenters. The van der Waals surface area contributed by atoms with Crippen LogP contribution in [0.1, 0.15) is 36.2 Å². The molecule has 1 amide bonds. The molecule has 8 nitrogen and oxygen atoms in total. The Morgan fingerprint density at radius 2 is 1.93 bits per heavy atom. The molecule has 1 fully saturated rings. The lowest BCUT2D eigenvalue weighted by molar-refractivity contribution is -0.0667. The van der Waals surface area contributed by atoms with E-state index in [1.807, 2.05) is 0 Å². The first-order valence-electron chi connectivity index (χ1n) is 8.81. The highest BCUT2D eigenvalue weighted by molar-refractivity contribution is 6.34. The number of likely N-dealkylation sites (N-methyl/N-ethyl adjacent to an activating group) is 1. The van der Waals surface area contributed by atoms with Crippen LogP contribution in [0, 0.1) is 5.41 Å². The summed E-state index contributed by atoms with van der Waals surface area (Å²) in [5.74, 6) is -2.68. The number of amides is 1. The van der Waals surface area contributed by atoms with Crippen molar-refractivity contribution in [2.75, 3.05) is 19.0 Å². The van der Waals surface area contributed by atoms with Crippen LogP contribution in [0.25, 0.3) is 0 Å². The van der Waals surface area contributed by atoms with Crippen LogP contribution < -0.4 is 21.5 Å². The number of carbonyl (C=O) groups excluding carboxylic acids is 1. The second-order valence-electron chi connectivity index (χ2n) is 7.34. The maximum Gasteiger partial charge on any atom is 0.276 e. The summed E-state index contributed by atoms with van der Waals surface area (Å²) < 4.78 is 28.6. The van der Waals surface area contributed by atoms with Gasteiger partial charge in [-0.3, -0.25) is 19.6 Å². The zero-order valence-electron chi connectivity index (χ0n) is 15.0. The fourth-order valence-electron chi connectivity index (χ4n) is 3.81. The number of pyridine rings is 1. The van der Waals surface area contributed by atoms with E-state index in [4.69, 9.17) is 17.0 Å². The zero-order chi connectivity index (χ0) is 20.3. The van der Waals surface area contributed by atoms with E-state index in [2.05, 4.69) is 16.0 Å². The molecular formula is C17H19ClF2N6O2. The third-order valence-electron chi connectivity index (χ3n) is 5.42. The van der Waals surface area contributed by atoms with Crippen LogP contribution in [0.2, 0.25) is 5.02 Å². The highest BCUT2D eigenvalue weighted by atomic mass is 35.5.